The maximum absolute atomic E-state index is 10.9. The van der Waals surface area contributed by atoms with E-state index in [1.54, 1.807) is 0 Å². The summed E-state index contributed by atoms with van der Waals surface area (Å²) < 4.78 is 5.60. The van der Waals surface area contributed by atoms with Crippen molar-refractivity contribution in [3.8, 4) is 5.75 Å². The Labute approximate surface area is 123 Å². The highest BCUT2D eigenvalue weighted by Crippen LogP contribution is 2.15. The molecule has 1 aromatic carbocycles. The van der Waals surface area contributed by atoms with Crippen LogP contribution in [0, 0.1) is 0 Å². The van der Waals surface area contributed by atoms with Gasteiger partial charge in [0.1, 0.15) is 5.75 Å². The number of para-hydroxylation sites is 1. The summed E-state index contributed by atoms with van der Waals surface area (Å²) in [7, 11) is 0. The highest BCUT2D eigenvalue weighted by atomic mass is 16.5. The summed E-state index contributed by atoms with van der Waals surface area (Å²) in [4.78, 5) is 10.9. The highest BCUT2D eigenvalue weighted by molar-refractivity contribution is 5.57. The Morgan fingerprint density at radius 1 is 0.950 bits per heavy atom. The van der Waals surface area contributed by atoms with E-state index >= 15 is 0 Å². The van der Waals surface area contributed by atoms with Crippen molar-refractivity contribution in [2.45, 2.75) is 70.8 Å². The molecule has 1 atom stereocenters. The third-order valence-electron chi connectivity index (χ3n) is 3.47. The summed E-state index contributed by atoms with van der Waals surface area (Å²) in [6, 6.07) is 9.50. The fourth-order valence-corrected chi connectivity index (χ4v) is 2.27. The zero-order chi connectivity index (χ0) is 14.5. The highest BCUT2D eigenvalue weighted by Gasteiger charge is 2.09. The lowest BCUT2D eigenvalue weighted by Gasteiger charge is -2.12. The number of rotatable bonds is 12. The number of benzene rings is 1. The summed E-state index contributed by atoms with van der Waals surface area (Å²) in [6.07, 6.45) is 12.5. The van der Waals surface area contributed by atoms with Crippen LogP contribution in [0.5, 0.6) is 5.75 Å². The summed E-state index contributed by atoms with van der Waals surface area (Å²) in [5.74, 6) is 0.750. The standard InChI is InChI=1S/C18H27O2/c1-2-3-4-5-6-7-8-10-15-18(16-19)20-17-13-11-9-12-14-17/h9,11-14,18H,2-8,10,15H2,1H3. The monoisotopic (exact) mass is 275 g/mol. The van der Waals surface area contributed by atoms with Crippen LogP contribution in [0.1, 0.15) is 64.7 Å². The van der Waals surface area contributed by atoms with Crippen LogP contribution in [0.4, 0.5) is 0 Å². The van der Waals surface area contributed by atoms with Gasteiger partial charge in [-0.15, -0.1) is 0 Å². The van der Waals surface area contributed by atoms with Crippen LogP contribution < -0.4 is 4.74 Å². The number of unbranched alkanes of at least 4 members (excludes halogenated alkanes) is 7. The van der Waals surface area contributed by atoms with Gasteiger partial charge in [-0.1, -0.05) is 70.1 Å². The molecule has 1 rings (SSSR count). The van der Waals surface area contributed by atoms with Crippen molar-refractivity contribution >= 4 is 6.29 Å². The van der Waals surface area contributed by atoms with Crippen molar-refractivity contribution in [2.75, 3.05) is 0 Å². The molecule has 0 fully saturated rings. The van der Waals surface area contributed by atoms with Gasteiger partial charge in [0, 0.05) is 0 Å². The van der Waals surface area contributed by atoms with Crippen LogP contribution in [-0.4, -0.2) is 12.4 Å². The molecular formula is C18H27O2. The Morgan fingerprint density at radius 2 is 1.55 bits per heavy atom. The van der Waals surface area contributed by atoms with Crippen molar-refractivity contribution in [2.24, 2.45) is 0 Å². The van der Waals surface area contributed by atoms with E-state index in [0.717, 1.165) is 18.6 Å². The van der Waals surface area contributed by atoms with Gasteiger partial charge < -0.3 is 4.74 Å². The first kappa shape index (κ1) is 16.7. The van der Waals surface area contributed by atoms with Crippen LogP contribution >= 0.6 is 0 Å². The molecule has 111 valence electrons. The molecular weight excluding hydrogens is 248 g/mol. The van der Waals surface area contributed by atoms with E-state index in [9.17, 15) is 4.79 Å². The molecule has 1 unspecified atom stereocenters. The van der Waals surface area contributed by atoms with Crippen molar-refractivity contribution in [1.29, 1.82) is 0 Å². The lowest BCUT2D eigenvalue weighted by atomic mass is 10.1. The second-order valence-corrected chi connectivity index (χ2v) is 5.30. The quantitative estimate of drug-likeness (QED) is 0.497. The predicted octanol–water partition coefficient (Wildman–Crippen LogP) is 5.07. The van der Waals surface area contributed by atoms with Gasteiger partial charge >= 0.3 is 0 Å². The van der Waals surface area contributed by atoms with Crippen molar-refractivity contribution in [3.05, 3.63) is 30.3 Å². The summed E-state index contributed by atoms with van der Waals surface area (Å²) in [5.41, 5.74) is 0. The van der Waals surface area contributed by atoms with Crippen LogP contribution in [-0.2, 0) is 4.79 Å². The molecule has 0 aromatic heterocycles. The molecule has 20 heavy (non-hydrogen) atoms. The van der Waals surface area contributed by atoms with E-state index in [1.165, 1.54) is 44.9 Å². The first-order valence-corrected chi connectivity index (χ1v) is 7.96. The van der Waals surface area contributed by atoms with Gasteiger partial charge in [-0.05, 0) is 25.0 Å². The topological polar surface area (TPSA) is 26.3 Å². The van der Waals surface area contributed by atoms with E-state index in [0.29, 0.717) is 0 Å². The van der Waals surface area contributed by atoms with Gasteiger partial charge in [0.05, 0.1) is 0 Å². The SMILES string of the molecule is CCCCCCCCCCC([C]=O)Oc1ccccc1. The normalized spacial score (nSPS) is 12.1. The molecule has 0 aliphatic rings. The van der Waals surface area contributed by atoms with Crippen molar-refractivity contribution in [1.82, 2.24) is 0 Å². The Morgan fingerprint density at radius 3 is 2.15 bits per heavy atom. The third-order valence-corrected chi connectivity index (χ3v) is 3.47. The minimum Gasteiger partial charge on any atom is -0.482 e. The van der Waals surface area contributed by atoms with Crippen molar-refractivity contribution < 1.29 is 9.53 Å². The Balaban J connectivity index is 2.05. The minimum absolute atomic E-state index is 0.419. The van der Waals surface area contributed by atoms with Gasteiger partial charge in [0.25, 0.3) is 0 Å². The smallest absolute Gasteiger partial charge is 0.242 e. The average Bonchev–Trinajstić information content (AvgIpc) is 2.49. The van der Waals surface area contributed by atoms with E-state index < -0.39 is 6.10 Å². The molecule has 0 amide bonds. The fraction of sp³-hybridized carbons (Fsp3) is 0.611. The molecule has 0 aliphatic carbocycles. The molecule has 0 saturated heterocycles. The summed E-state index contributed by atoms with van der Waals surface area (Å²) in [5, 5.41) is 0. The Hall–Kier alpha value is -1.31. The van der Waals surface area contributed by atoms with Crippen LogP contribution in [0.2, 0.25) is 0 Å². The number of hydrogen-bond donors (Lipinski definition) is 0. The maximum atomic E-state index is 10.9. The van der Waals surface area contributed by atoms with Gasteiger partial charge in [0.15, 0.2) is 6.10 Å². The molecule has 1 aromatic rings. The van der Waals surface area contributed by atoms with E-state index in [1.807, 2.05) is 36.6 Å². The lowest BCUT2D eigenvalue weighted by molar-refractivity contribution is 0.243. The van der Waals surface area contributed by atoms with Gasteiger partial charge in [-0.3, -0.25) is 4.79 Å². The summed E-state index contributed by atoms with van der Waals surface area (Å²) in [6.45, 7) is 2.24. The molecule has 2 heteroatoms. The second-order valence-electron chi connectivity index (χ2n) is 5.30. The second kappa shape index (κ2) is 11.5. The molecule has 0 heterocycles. The maximum Gasteiger partial charge on any atom is 0.242 e. The Bertz CT molecular complexity index is 335. The molecule has 0 aliphatic heterocycles. The zero-order valence-electron chi connectivity index (χ0n) is 12.6. The first-order chi connectivity index (χ1) is 9.86. The van der Waals surface area contributed by atoms with Crippen LogP contribution in [0.3, 0.4) is 0 Å². The van der Waals surface area contributed by atoms with E-state index in [2.05, 4.69) is 6.92 Å². The molecule has 0 bridgehead atoms. The molecule has 1 radical (unpaired) electrons. The molecule has 0 N–H and O–H groups in total. The third kappa shape index (κ3) is 7.98. The van der Waals surface area contributed by atoms with Crippen LogP contribution in [0.15, 0.2) is 30.3 Å². The largest absolute Gasteiger partial charge is 0.482 e. The Kier molecular flexibility index (Phi) is 9.64. The molecule has 0 saturated carbocycles. The molecule has 0 spiro atoms. The number of carbonyl (C=O) groups excluding carboxylic acids is 1. The first-order valence-electron chi connectivity index (χ1n) is 7.96. The predicted molar refractivity (Wildman–Crippen MR) is 83.8 cm³/mol. The molecule has 2 nitrogen and oxygen atoms in total. The zero-order valence-corrected chi connectivity index (χ0v) is 12.6. The average molecular weight is 275 g/mol. The lowest BCUT2D eigenvalue weighted by Crippen LogP contribution is -2.17. The summed E-state index contributed by atoms with van der Waals surface area (Å²) >= 11 is 0. The minimum atomic E-state index is -0.419. The van der Waals surface area contributed by atoms with E-state index in [-0.39, 0.29) is 0 Å². The van der Waals surface area contributed by atoms with Gasteiger partial charge in [0.2, 0.25) is 6.29 Å². The van der Waals surface area contributed by atoms with Gasteiger partial charge in [-0.2, -0.15) is 0 Å². The number of hydrogen-bond acceptors (Lipinski definition) is 2. The van der Waals surface area contributed by atoms with Crippen LogP contribution in [0.25, 0.3) is 0 Å². The van der Waals surface area contributed by atoms with E-state index in [4.69, 9.17) is 4.74 Å². The van der Waals surface area contributed by atoms with Gasteiger partial charge in [-0.25, -0.2) is 0 Å². The number of ether oxygens (including phenoxy) is 1. The fourth-order valence-electron chi connectivity index (χ4n) is 2.27. The van der Waals surface area contributed by atoms with Crippen molar-refractivity contribution in [3.63, 3.8) is 0 Å².